The van der Waals surface area contributed by atoms with Crippen LogP contribution in [0.2, 0.25) is 0 Å². The summed E-state index contributed by atoms with van der Waals surface area (Å²) in [6.07, 6.45) is 4.39. The molecule has 0 aliphatic heterocycles. The Labute approximate surface area is 108 Å². The highest BCUT2D eigenvalue weighted by atomic mass is 16.5. The summed E-state index contributed by atoms with van der Waals surface area (Å²) in [4.78, 5) is 11.2. The SMILES string of the molecule is O=C(O)C(COCc1ccccc1)C1CCCC1. The van der Waals surface area contributed by atoms with Gasteiger partial charge in [-0.05, 0) is 24.3 Å². The molecule has 0 radical (unpaired) electrons. The van der Waals surface area contributed by atoms with E-state index in [9.17, 15) is 9.90 Å². The number of hydrogen-bond acceptors (Lipinski definition) is 2. The molecule has 0 bridgehead atoms. The first-order valence-electron chi connectivity index (χ1n) is 6.62. The van der Waals surface area contributed by atoms with E-state index in [-0.39, 0.29) is 5.92 Å². The van der Waals surface area contributed by atoms with Gasteiger partial charge in [0.05, 0.1) is 19.1 Å². The van der Waals surface area contributed by atoms with E-state index in [4.69, 9.17) is 4.74 Å². The molecule has 98 valence electrons. The van der Waals surface area contributed by atoms with E-state index in [1.807, 2.05) is 30.3 Å². The van der Waals surface area contributed by atoms with Gasteiger partial charge in [0.15, 0.2) is 0 Å². The maximum absolute atomic E-state index is 11.2. The zero-order valence-electron chi connectivity index (χ0n) is 10.5. The van der Waals surface area contributed by atoms with Gasteiger partial charge >= 0.3 is 5.97 Å². The average Bonchev–Trinajstić information content (AvgIpc) is 2.89. The van der Waals surface area contributed by atoms with Crippen molar-refractivity contribution in [2.45, 2.75) is 32.3 Å². The van der Waals surface area contributed by atoms with Crippen LogP contribution in [0, 0.1) is 11.8 Å². The van der Waals surface area contributed by atoms with Gasteiger partial charge in [-0.3, -0.25) is 4.79 Å². The van der Waals surface area contributed by atoms with Crippen molar-refractivity contribution in [3.8, 4) is 0 Å². The minimum atomic E-state index is -0.713. The molecule has 1 aliphatic rings. The highest BCUT2D eigenvalue weighted by Crippen LogP contribution is 2.31. The van der Waals surface area contributed by atoms with Crippen LogP contribution in [0.3, 0.4) is 0 Å². The van der Waals surface area contributed by atoms with E-state index in [1.54, 1.807) is 0 Å². The van der Waals surface area contributed by atoms with Crippen LogP contribution in [0.25, 0.3) is 0 Å². The summed E-state index contributed by atoms with van der Waals surface area (Å²) in [6.45, 7) is 0.826. The van der Waals surface area contributed by atoms with Crippen LogP contribution < -0.4 is 0 Å². The topological polar surface area (TPSA) is 46.5 Å². The predicted octanol–water partition coefficient (Wildman–Crippen LogP) is 3.09. The highest BCUT2D eigenvalue weighted by molar-refractivity contribution is 5.70. The van der Waals surface area contributed by atoms with Crippen LogP contribution in [0.5, 0.6) is 0 Å². The standard InChI is InChI=1S/C15H20O3/c16-15(17)14(13-8-4-5-9-13)11-18-10-12-6-2-1-3-7-12/h1-3,6-7,13-14H,4-5,8-11H2,(H,16,17). The second kappa shape index (κ2) is 6.55. The number of benzene rings is 1. The summed E-state index contributed by atoms with van der Waals surface area (Å²) in [5.74, 6) is -0.746. The Bertz CT molecular complexity index is 369. The molecular formula is C15H20O3. The Morgan fingerprint density at radius 2 is 1.94 bits per heavy atom. The molecule has 0 saturated heterocycles. The Morgan fingerprint density at radius 1 is 1.28 bits per heavy atom. The summed E-state index contributed by atoms with van der Waals surface area (Å²) in [5, 5.41) is 9.25. The smallest absolute Gasteiger partial charge is 0.309 e. The van der Waals surface area contributed by atoms with Gasteiger partial charge < -0.3 is 9.84 Å². The molecule has 1 fully saturated rings. The number of carboxylic acid groups (broad SMARTS) is 1. The number of carboxylic acids is 1. The molecular weight excluding hydrogens is 228 g/mol. The Hall–Kier alpha value is -1.35. The summed E-state index contributed by atoms with van der Waals surface area (Å²) >= 11 is 0. The number of hydrogen-bond donors (Lipinski definition) is 1. The molecule has 3 heteroatoms. The average molecular weight is 248 g/mol. The van der Waals surface area contributed by atoms with E-state index in [2.05, 4.69) is 0 Å². The van der Waals surface area contributed by atoms with E-state index in [0.717, 1.165) is 31.2 Å². The van der Waals surface area contributed by atoms with Gasteiger partial charge in [0.2, 0.25) is 0 Å². The van der Waals surface area contributed by atoms with Crippen molar-refractivity contribution in [1.29, 1.82) is 0 Å². The number of rotatable bonds is 6. The normalized spacial score (nSPS) is 17.8. The van der Waals surface area contributed by atoms with Gasteiger partial charge in [-0.2, -0.15) is 0 Å². The van der Waals surface area contributed by atoms with Crippen LogP contribution >= 0.6 is 0 Å². The molecule has 18 heavy (non-hydrogen) atoms. The van der Waals surface area contributed by atoms with Gasteiger partial charge in [0.25, 0.3) is 0 Å². The molecule has 0 aromatic heterocycles. The first-order chi connectivity index (χ1) is 8.77. The van der Waals surface area contributed by atoms with Crippen molar-refractivity contribution < 1.29 is 14.6 Å². The van der Waals surface area contributed by atoms with Gasteiger partial charge in [-0.1, -0.05) is 43.2 Å². The van der Waals surface area contributed by atoms with Crippen LogP contribution in [-0.2, 0) is 16.1 Å². The minimum Gasteiger partial charge on any atom is -0.481 e. The zero-order chi connectivity index (χ0) is 12.8. The molecule has 1 N–H and O–H groups in total. The van der Waals surface area contributed by atoms with E-state index in [1.165, 1.54) is 0 Å². The zero-order valence-corrected chi connectivity index (χ0v) is 10.5. The van der Waals surface area contributed by atoms with Crippen molar-refractivity contribution in [3.05, 3.63) is 35.9 Å². The second-order valence-corrected chi connectivity index (χ2v) is 4.99. The summed E-state index contributed by atoms with van der Waals surface area (Å²) in [6, 6.07) is 9.87. The van der Waals surface area contributed by atoms with Crippen molar-refractivity contribution in [2.24, 2.45) is 11.8 Å². The molecule has 1 unspecified atom stereocenters. The third-order valence-electron chi connectivity index (χ3n) is 3.70. The van der Waals surface area contributed by atoms with Gasteiger partial charge in [0, 0.05) is 0 Å². The molecule has 0 amide bonds. The second-order valence-electron chi connectivity index (χ2n) is 4.99. The molecule has 1 aromatic rings. The van der Waals surface area contributed by atoms with Crippen molar-refractivity contribution in [2.75, 3.05) is 6.61 Å². The molecule has 1 aliphatic carbocycles. The van der Waals surface area contributed by atoms with E-state index in [0.29, 0.717) is 19.1 Å². The Kier molecular flexibility index (Phi) is 4.76. The van der Waals surface area contributed by atoms with Crippen LogP contribution in [0.4, 0.5) is 0 Å². The number of aliphatic carboxylic acids is 1. The first-order valence-corrected chi connectivity index (χ1v) is 6.62. The first kappa shape index (κ1) is 13.1. The lowest BCUT2D eigenvalue weighted by molar-refractivity contribution is -0.146. The fraction of sp³-hybridized carbons (Fsp3) is 0.533. The number of carbonyl (C=O) groups is 1. The van der Waals surface area contributed by atoms with E-state index < -0.39 is 5.97 Å². The van der Waals surface area contributed by atoms with Gasteiger partial charge in [-0.15, -0.1) is 0 Å². The van der Waals surface area contributed by atoms with Crippen LogP contribution in [0.15, 0.2) is 30.3 Å². The lowest BCUT2D eigenvalue weighted by Crippen LogP contribution is -2.26. The third-order valence-corrected chi connectivity index (χ3v) is 3.70. The van der Waals surface area contributed by atoms with Gasteiger partial charge in [-0.25, -0.2) is 0 Å². The molecule has 3 nitrogen and oxygen atoms in total. The fourth-order valence-corrected chi connectivity index (χ4v) is 2.65. The lowest BCUT2D eigenvalue weighted by atomic mass is 9.92. The molecule has 1 saturated carbocycles. The van der Waals surface area contributed by atoms with E-state index >= 15 is 0 Å². The summed E-state index contributed by atoms with van der Waals surface area (Å²) < 4.78 is 5.57. The molecule has 1 atom stereocenters. The Morgan fingerprint density at radius 3 is 2.56 bits per heavy atom. The largest absolute Gasteiger partial charge is 0.481 e. The van der Waals surface area contributed by atoms with Crippen molar-refractivity contribution in [1.82, 2.24) is 0 Å². The van der Waals surface area contributed by atoms with Crippen LogP contribution in [0.1, 0.15) is 31.2 Å². The predicted molar refractivity (Wildman–Crippen MR) is 69.2 cm³/mol. The Balaban J connectivity index is 1.81. The summed E-state index contributed by atoms with van der Waals surface area (Å²) in [5.41, 5.74) is 1.09. The molecule has 0 heterocycles. The molecule has 0 spiro atoms. The fourth-order valence-electron chi connectivity index (χ4n) is 2.65. The molecule has 1 aromatic carbocycles. The minimum absolute atomic E-state index is 0.304. The maximum Gasteiger partial charge on any atom is 0.309 e. The van der Waals surface area contributed by atoms with Crippen LogP contribution in [-0.4, -0.2) is 17.7 Å². The monoisotopic (exact) mass is 248 g/mol. The third kappa shape index (κ3) is 3.57. The molecule has 2 rings (SSSR count). The number of ether oxygens (including phenoxy) is 1. The van der Waals surface area contributed by atoms with Gasteiger partial charge in [0.1, 0.15) is 0 Å². The highest BCUT2D eigenvalue weighted by Gasteiger charge is 2.30. The quantitative estimate of drug-likeness (QED) is 0.841. The maximum atomic E-state index is 11.2. The lowest BCUT2D eigenvalue weighted by Gasteiger charge is -2.19. The summed E-state index contributed by atoms with van der Waals surface area (Å²) in [7, 11) is 0. The van der Waals surface area contributed by atoms with Crippen molar-refractivity contribution >= 4 is 5.97 Å². The van der Waals surface area contributed by atoms with Crippen molar-refractivity contribution in [3.63, 3.8) is 0 Å².